The fraction of sp³-hybridized carbons (Fsp3) is 0.280. The van der Waals surface area contributed by atoms with Crippen LogP contribution in [-0.4, -0.2) is 33.4 Å². The van der Waals surface area contributed by atoms with Crippen molar-refractivity contribution in [2.24, 2.45) is 0 Å². The SMILES string of the molecule is O=C(CSc1nnc(-c2ccc(Cl)cc2)c(-c2ccc(Cl)cc2)n1)NCCC1=CCCCC1. The van der Waals surface area contributed by atoms with Crippen molar-refractivity contribution in [3.05, 3.63) is 70.2 Å². The number of rotatable bonds is 8. The predicted octanol–water partition coefficient (Wildman–Crippen LogP) is 6.61. The molecule has 1 aliphatic rings. The summed E-state index contributed by atoms with van der Waals surface area (Å²) >= 11 is 13.4. The van der Waals surface area contributed by atoms with Crippen LogP contribution in [0.1, 0.15) is 32.1 Å². The van der Waals surface area contributed by atoms with Crippen molar-refractivity contribution in [1.29, 1.82) is 0 Å². The molecule has 4 rings (SSSR count). The molecule has 0 unspecified atom stereocenters. The molecule has 170 valence electrons. The summed E-state index contributed by atoms with van der Waals surface area (Å²) in [6.45, 7) is 0.663. The van der Waals surface area contributed by atoms with Crippen molar-refractivity contribution >= 4 is 40.9 Å². The van der Waals surface area contributed by atoms with Crippen molar-refractivity contribution in [1.82, 2.24) is 20.5 Å². The van der Waals surface area contributed by atoms with E-state index in [2.05, 4.69) is 21.6 Å². The fourth-order valence-corrected chi connectivity index (χ4v) is 4.53. The van der Waals surface area contributed by atoms with Crippen LogP contribution >= 0.6 is 35.0 Å². The number of thioether (sulfide) groups is 1. The van der Waals surface area contributed by atoms with Gasteiger partial charge in [0.25, 0.3) is 0 Å². The maximum atomic E-state index is 12.3. The Hall–Kier alpha value is -2.41. The van der Waals surface area contributed by atoms with Crippen LogP contribution in [0.15, 0.2) is 65.3 Å². The third-order valence-electron chi connectivity index (χ3n) is 5.39. The second-order valence-corrected chi connectivity index (χ2v) is 9.62. The molecule has 3 aromatic rings. The van der Waals surface area contributed by atoms with E-state index in [4.69, 9.17) is 28.2 Å². The highest BCUT2D eigenvalue weighted by Gasteiger charge is 2.15. The molecule has 0 radical (unpaired) electrons. The van der Waals surface area contributed by atoms with Crippen LogP contribution in [-0.2, 0) is 4.79 Å². The van der Waals surface area contributed by atoms with Gasteiger partial charge >= 0.3 is 0 Å². The number of hydrogen-bond donors (Lipinski definition) is 1. The van der Waals surface area contributed by atoms with E-state index in [-0.39, 0.29) is 11.7 Å². The first-order valence-electron chi connectivity index (χ1n) is 10.9. The van der Waals surface area contributed by atoms with Gasteiger partial charge in [0.15, 0.2) is 0 Å². The Bertz CT molecular complexity index is 1130. The van der Waals surface area contributed by atoms with Gasteiger partial charge in [0.05, 0.1) is 5.75 Å². The minimum absolute atomic E-state index is 0.0326. The first kappa shape index (κ1) is 23.7. The van der Waals surface area contributed by atoms with Gasteiger partial charge in [0.2, 0.25) is 11.1 Å². The zero-order chi connectivity index (χ0) is 23.0. The van der Waals surface area contributed by atoms with Crippen molar-refractivity contribution in [3.8, 4) is 22.5 Å². The number of halogens is 2. The van der Waals surface area contributed by atoms with Crippen molar-refractivity contribution in [2.75, 3.05) is 12.3 Å². The molecule has 1 aliphatic carbocycles. The smallest absolute Gasteiger partial charge is 0.230 e. The molecule has 2 aromatic carbocycles. The highest BCUT2D eigenvalue weighted by molar-refractivity contribution is 7.99. The summed E-state index contributed by atoms with van der Waals surface area (Å²) < 4.78 is 0. The summed E-state index contributed by atoms with van der Waals surface area (Å²) in [5, 5.41) is 13.4. The molecular weight excluding hydrogens is 475 g/mol. The lowest BCUT2D eigenvalue weighted by atomic mass is 9.97. The maximum Gasteiger partial charge on any atom is 0.230 e. The van der Waals surface area contributed by atoms with Crippen LogP contribution in [0.2, 0.25) is 10.0 Å². The molecule has 0 saturated heterocycles. The van der Waals surface area contributed by atoms with Gasteiger partial charge in [-0.25, -0.2) is 4.98 Å². The highest BCUT2D eigenvalue weighted by Crippen LogP contribution is 2.31. The predicted molar refractivity (Wildman–Crippen MR) is 136 cm³/mol. The van der Waals surface area contributed by atoms with E-state index in [1.807, 2.05) is 36.4 Å². The average Bonchev–Trinajstić information content (AvgIpc) is 2.84. The van der Waals surface area contributed by atoms with E-state index < -0.39 is 0 Å². The molecule has 5 nitrogen and oxygen atoms in total. The fourth-order valence-electron chi connectivity index (χ4n) is 3.66. The number of nitrogens with one attached hydrogen (secondary N) is 1. The number of allylic oxidation sites excluding steroid dienone is 1. The normalized spacial score (nSPS) is 13.5. The van der Waals surface area contributed by atoms with Gasteiger partial charge < -0.3 is 5.32 Å². The van der Waals surface area contributed by atoms with Gasteiger partial charge in [0.1, 0.15) is 11.4 Å². The molecule has 0 spiro atoms. The first-order chi connectivity index (χ1) is 16.1. The number of carbonyl (C=O) groups excluding carboxylic acids is 1. The number of hydrogen-bond acceptors (Lipinski definition) is 5. The zero-order valence-corrected chi connectivity index (χ0v) is 20.4. The summed E-state index contributed by atoms with van der Waals surface area (Å²) in [5.41, 5.74) is 4.49. The van der Waals surface area contributed by atoms with Gasteiger partial charge in [-0.3, -0.25) is 4.79 Å². The highest BCUT2D eigenvalue weighted by atomic mass is 35.5. The molecule has 1 N–H and O–H groups in total. The number of carbonyl (C=O) groups is 1. The van der Waals surface area contributed by atoms with E-state index in [1.165, 1.54) is 30.2 Å². The zero-order valence-electron chi connectivity index (χ0n) is 18.1. The minimum atomic E-state index is -0.0326. The van der Waals surface area contributed by atoms with Crippen molar-refractivity contribution in [3.63, 3.8) is 0 Å². The summed E-state index contributed by atoms with van der Waals surface area (Å²) in [7, 11) is 0. The van der Waals surface area contributed by atoms with E-state index in [1.54, 1.807) is 12.1 Å². The van der Waals surface area contributed by atoms with E-state index in [0.717, 1.165) is 30.4 Å². The first-order valence-corrected chi connectivity index (χ1v) is 12.7. The number of amides is 1. The van der Waals surface area contributed by atoms with Crippen LogP contribution in [0.4, 0.5) is 0 Å². The second kappa shape index (κ2) is 11.6. The summed E-state index contributed by atoms with van der Waals surface area (Å²) in [6, 6.07) is 14.8. The molecule has 8 heteroatoms. The largest absolute Gasteiger partial charge is 0.355 e. The average molecular weight is 499 g/mol. The van der Waals surface area contributed by atoms with Crippen molar-refractivity contribution < 1.29 is 4.79 Å². The van der Waals surface area contributed by atoms with Crippen LogP contribution < -0.4 is 5.32 Å². The lowest BCUT2D eigenvalue weighted by Crippen LogP contribution is -2.26. The quantitative estimate of drug-likeness (QED) is 0.279. The Kier molecular flexibility index (Phi) is 8.37. The Labute approximate surface area is 208 Å². The Morgan fingerprint density at radius 2 is 1.58 bits per heavy atom. The van der Waals surface area contributed by atoms with Gasteiger partial charge in [-0.05, 0) is 56.4 Å². The van der Waals surface area contributed by atoms with Gasteiger partial charge in [-0.1, -0.05) is 70.9 Å². The monoisotopic (exact) mass is 498 g/mol. The summed E-state index contributed by atoms with van der Waals surface area (Å²) in [5.74, 6) is 0.205. The lowest BCUT2D eigenvalue weighted by molar-refractivity contribution is -0.118. The van der Waals surface area contributed by atoms with Crippen LogP contribution in [0.3, 0.4) is 0 Å². The van der Waals surface area contributed by atoms with Gasteiger partial charge in [0, 0.05) is 27.7 Å². The lowest BCUT2D eigenvalue weighted by Gasteiger charge is -2.13. The van der Waals surface area contributed by atoms with Gasteiger partial charge in [-0.15, -0.1) is 10.2 Å². The topological polar surface area (TPSA) is 67.8 Å². The van der Waals surface area contributed by atoms with E-state index >= 15 is 0 Å². The van der Waals surface area contributed by atoms with Crippen LogP contribution in [0, 0.1) is 0 Å². The molecule has 1 amide bonds. The van der Waals surface area contributed by atoms with Gasteiger partial charge in [-0.2, -0.15) is 0 Å². The Morgan fingerprint density at radius 3 is 2.21 bits per heavy atom. The Morgan fingerprint density at radius 1 is 0.909 bits per heavy atom. The molecule has 0 bridgehead atoms. The minimum Gasteiger partial charge on any atom is -0.355 e. The van der Waals surface area contributed by atoms with Crippen LogP contribution in [0.5, 0.6) is 0 Å². The number of aromatic nitrogens is 3. The Balaban J connectivity index is 1.45. The molecular formula is C25H24Cl2N4OS. The molecule has 0 aliphatic heterocycles. The number of benzene rings is 2. The van der Waals surface area contributed by atoms with E-state index in [9.17, 15) is 4.79 Å². The molecule has 0 atom stereocenters. The standard InChI is InChI=1S/C25H24Cl2N4OS/c26-20-10-6-18(7-11-20)23-24(19-8-12-21(27)13-9-19)30-31-25(29-23)33-16-22(32)28-15-14-17-4-2-1-3-5-17/h4,6-13H,1-3,5,14-16H2,(H,28,32). The van der Waals surface area contributed by atoms with E-state index in [0.29, 0.717) is 33.1 Å². The molecule has 33 heavy (non-hydrogen) atoms. The molecule has 1 aromatic heterocycles. The van der Waals surface area contributed by atoms with Crippen molar-refractivity contribution in [2.45, 2.75) is 37.3 Å². The third kappa shape index (κ3) is 6.79. The third-order valence-corrected chi connectivity index (χ3v) is 6.73. The molecule has 0 fully saturated rings. The molecule has 0 saturated carbocycles. The second-order valence-electron chi connectivity index (χ2n) is 7.80. The number of nitrogens with zero attached hydrogens (tertiary/aromatic N) is 3. The molecule has 1 heterocycles. The summed E-state index contributed by atoms with van der Waals surface area (Å²) in [6.07, 6.45) is 8.07. The van der Waals surface area contributed by atoms with Crippen LogP contribution in [0.25, 0.3) is 22.5 Å². The maximum absolute atomic E-state index is 12.3. The summed E-state index contributed by atoms with van der Waals surface area (Å²) in [4.78, 5) is 17.0.